The normalized spacial score (nSPS) is 28.8. The first-order valence-corrected chi connectivity index (χ1v) is 9.30. The molecule has 1 spiro atoms. The van der Waals surface area contributed by atoms with E-state index in [1.54, 1.807) is 0 Å². The highest BCUT2D eigenvalue weighted by molar-refractivity contribution is 5.82. The van der Waals surface area contributed by atoms with Crippen molar-refractivity contribution >= 4 is 11.8 Å². The lowest BCUT2D eigenvalue weighted by atomic mass is 9.73. The third kappa shape index (κ3) is 2.74. The van der Waals surface area contributed by atoms with Gasteiger partial charge in [0.15, 0.2) is 0 Å². The van der Waals surface area contributed by atoms with Gasteiger partial charge in [-0.25, -0.2) is 0 Å². The van der Waals surface area contributed by atoms with E-state index in [1.165, 1.54) is 5.56 Å². The van der Waals surface area contributed by atoms with E-state index in [4.69, 9.17) is 4.74 Å². The third-order valence-electron chi connectivity index (χ3n) is 6.49. The molecule has 5 nitrogen and oxygen atoms in total. The zero-order chi connectivity index (χ0) is 17.4. The number of amides is 2. The molecule has 2 unspecified atom stereocenters. The van der Waals surface area contributed by atoms with Gasteiger partial charge in [-0.2, -0.15) is 0 Å². The topological polar surface area (TPSA) is 49.9 Å². The lowest BCUT2D eigenvalue weighted by Crippen LogP contribution is -2.55. The second kappa shape index (κ2) is 6.45. The Hall–Kier alpha value is -1.88. The molecule has 25 heavy (non-hydrogen) atoms. The molecule has 0 radical (unpaired) electrons. The van der Waals surface area contributed by atoms with E-state index in [-0.39, 0.29) is 29.2 Å². The average Bonchev–Trinajstić information content (AvgIpc) is 3.27. The standard InChI is InChI=1S/C20H26N2O3/c1-21-18(23)13-17(15-5-3-2-4-6-15)20(21)8-10-22(11-9-20)19(24)16-7-12-25-14-16/h2-6,16-17H,7-14H2,1H3. The van der Waals surface area contributed by atoms with Crippen molar-refractivity contribution in [2.45, 2.75) is 37.1 Å². The van der Waals surface area contributed by atoms with Gasteiger partial charge in [0, 0.05) is 39.1 Å². The molecule has 0 aromatic heterocycles. The van der Waals surface area contributed by atoms with Gasteiger partial charge >= 0.3 is 0 Å². The zero-order valence-corrected chi connectivity index (χ0v) is 14.8. The fraction of sp³-hybridized carbons (Fsp3) is 0.600. The van der Waals surface area contributed by atoms with E-state index < -0.39 is 0 Å². The van der Waals surface area contributed by atoms with Crippen LogP contribution in [0.2, 0.25) is 0 Å². The van der Waals surface area contributed by atoms with Crippen LogP contribution in [0, 0.1) is 5.92 Å². The summed E-state index contributed by atoms with van der Waals surface area (Å²) in [6.07, 6.45) is 3.12. The van der Waals surface area contributed by atoms with Crippen molar-refractivity contribution in [2.24, 2.45) is 5.92 Å². The number of carbonyl (C=O) groups is 2. The van der Waals surface area contributed by atoms with E-state index in [0.29, 0.717) is 19.6 Å². The molecule has 1 aromatic carbocycles. The van der Waals surface area contributed by atoms with Crippen LogP contribution in [0.1, 0.15) is 37.2 Å². The quantitative estimate of drug-likeness (QED) is 0.826. The number of ether oxygens (including phenoxy) is 1. The van der Waals surface area contributed by atoms with E-state index >= 15 is 0 Å². The molecule has 4 rings (SSSR count). The van der Waals surface area contributed by atoms with Crippen LogP contribution in [-0.4, -0.2) is 60.5 Å². The van der Waals surface area contributed by atoms with Crippen LogP contribution >= 0.6 is 0 Å². The van der Waals surface area contributed by atoms with Crippen molar-refractivity contribution in [3.63, 3.8) is 0 Å². The van der Waals surface area contributed by atoms with Crippen molar-refractivity contribution in [2.75, 3.05) is 33.4 Å². The molecule has 0 aliphatic carbocycles. The average molecular weight is 342 g/mol. The SMILES string of the molecule is CN1C(=O)CC(c2ccccc2)C12CCN(C(=O)C1CCOC1)CC2. The van der Waals surface area contributed by atoms with Gasteiger partial charge in [-0.15, -0.1) is 0 Å². The van der Waals surface area contributed by atoms with Crippen LogP contribution < -0.4 is 0 Å². The minimum Gasteiger partial charge on any atom is -0.381 e. The summed E-state index contributed by atoms with van der Waals surface area (Å²) in [4.78, 5) is 29.1. The maximum atomic E-state index is 12.7. The molecular weight excluding hydrogens is 316 g/mol. The predicted molar refractivity (Wildman–Crippen MR) is 94.0 cm³/mol. The monoisotopic (exact) mass is 342 g/mol. The van der Waals surface area contributed by atoms with E-state index in [9.17, 15) is 9.59 Å². The summed E-state index contributed by atoms with van der Waals surface area (Å²) in [5, 5.41) is 0. The molecular formula is C20H26N2O3. The Kier molecular flexibility index (Phi) is 4.28. The second-order valence-electron chi connectivity index (χ2n) is 7.61. The number of carbonyl (C=O) groups excluding carboxylic acids is 2. The summed E-state index contributed by atoms with van der Waals surface area (Å²) >= 11 is 0. The van der Waals surface area contributed by atoms with Gasteiger partial charge in [0.25, 0.3) is 0 Å². The fourth-order valence-electron chi connectivity index (χ4n) is 4.88. The van der Waals surface area contributed by atoms with Crippen LogP contribution in [0.4, 0.5) is 0 Å². The smallest absolute Gasteiger partial charge is 0.228 e. The molecule has 3 aliphatic heterocycles. The molecule has 3 fully saturated rings. The number of nitrogens with zero attached hydrogens (tertiary/aromatic N) is 2. The van der Waals surface area contributed by atoms with Crippen molar-refractivity contribution in [3.8, 4) is 0 Å². The van der Waals surface area contributed by atoms with Crippen molar-refractivity contribution in [3.05, 3.63) is 35.9 Å². The Labute approximate surface area is 148 Å². The first-order valence-electron chi connectivity index (χ1n) is 9.30. The summed E-state index contributed by atoms with van der Waals surface area (Å²) < 4.78 is 5.37. The zero-order valence-electron chi connectivity index (χ0n) is 14.8. The molecule has 3 heterocycles. The van der Waals surface area contributed by atoms with Crippen LogP contribution in [0.25, 0.3) is 0 Å². The number of piperidine rings is 1. The van der Waals surface area contributed by atoms with Crippen LogP contribution in [-0.2, 0) is 14.3 Å². The summed E-state index contributed by atoms with van der Waals surface area (Å²) in [6.45, 7) is 2.72. The van der Waals surface area contributed by atoms with Gasteiger partial charge in [-0.05, 0) is 24.8 Å². The second-order valence-corrected chi connectivity index (χ2v) is 7.61. The number of rotatable bonds is 2. The Balaban J connectivity index is 1.52. The molecule has 0 saturated carbocycles. The van der Waals surface area contributed by atoms with Gasteiger partial charge in [-0.1, -0.05) is 30.3 Å². The Morgan fingerprint density at radius 1 is 1.20 bits per heavy atom. The predicted octanol–water partition coefficient (Wildman–Crippen LogP) is 2.03. The molecule has 2 atom stereocenters. The third-order valence-corrected chi connectivity index (χ3v) is 6.49. The van der Waals surface area contributed by atoms with Crippen molar-refractivity contribution in [1.82, 2.24) is 9.80 Å². The number of likely N-dealkylation sites (tertiary alicyclic amines) is 2. The van der Waals surface area contributed by atoms with Crippen molar-refractivity contribution < 1.29 is 14.3 Å². The molecule has 0 N–H and O–H groups in total. The summed E-state index contributed by atoms with van der Waals surface area (Å²) in [7, 11) is 1.94. The Bertz CT molecular complexity index is 646. The van der Waals surface area contributed by atoms with Crippen LogP contribution in [0.15, 0.2) is 30.3 Å². The molecule has 3 aliphatic rings. The van der Waals surface area contributed by atoms with E-state index in [1.807, 2.05) is 35.0 Å². The minimum absolute atomic E-state index is 0.0295. The van der Waals surface area contributed by atoms with Gasteiger partial charge in [0.05, 0.1) is 18.1 Å². The number of hydrogen-bond acceptors (Lipinski definition) is 3. The molecule has 134 valence electrons. The summed E-state index contributed by atoms with van der Waals surface area (Å²) in [6, 6.07) is 10.4. The van der Waals surface area contributed by atoms with Crippen LogP contribution in [0.3, 0.4) is 0 Å². The lowest BCUT2D eigenvalue weighted by Gasteiger charge is -2.47. The van der Waals surface area contributed by atoms with Gasteiger partial charge in [-0.3, -0.25) is 9.59 Å². The van der Waals surface area contributed by atoms with Gasteiger partial charge in [0.1, 0.15) is 0 Å². The lowest BCUT2D eigenvalue weighted by molar-refractivity contribution is -0.139. The molecule has 2 amide bonds. The fourth-order valence-corrected chi connectivity index (χ4v) is 4.88. The van der Waals surface area contributed by atoms with Gasteiger partial charge < -0.3 is 14.5 Å². The number of hydrogen-bond donors (Lipinski definition) is 0. The highest BCUT2D eigenvalue weighted by Gasteiger charge is 2.53. The summed E-state index contributed by atoms with van der Waals surface area (Å²) in [5.41, 5.74) is 1.09. The molecule has 0 bridgehead atoms. The molecule has 3 saturated heterocycles. The van der Waals surface area contributed by atoms with E-state index in [2.05, 4.69) is 12.1 Å². The first-order chi connectivity index (χ1) is 12.1. The summed E-state index contributed by atoms with van der Waals surface area (Å²) in [5.74, 6) is 0.702. The largest absolute Gasteiger partial charge is 0.381 e. The number of likely N-dealkylation sites (N-methyl/N-ethyl adjacent to an activating group) is 1. The highest BCUT2D eigenvalue weighted by Crippen LogP contribution is 2.48. The number of benzene rings is 1. The molecule has 5 heteroatoms. The maximum absolute atomic E-state index is 12.7. The first kappa shape index (κ1) is 16.6. The van der Waals surface area contributed by atoms with Gasteiger partial charge in [0.2, 0.25) is 11.8 Å². The molecule has 1 aromatic rings. The Morgan fingerprint density at radius 3 is 2.56 bits per heavy atom. The maximum Gasteiger partial charge on any atom is 0.228 e. The highest BCUT2D eigenvalue weighted by atomic mass is 16.5. The Morgan fingerprint density at radius 2 is 1.92 bits per heavy atom. The van der Waals surface area contributed by atoms with Crippen LogP contribution in [0.5, 0.6) is 0 Å². The van der Waals surface area contributed by atoms with E-state index in [0.717, 1.165) is 32.4 Å². The minimum atomic E-state index is -0.151. The van der Waals surface area contributed by atoms with Crippen molar-refractivity contribution in [1.29, 1.82) is 0 Å².